The summed E-state index contributed by atoms with van der Waals surface area (Å²) in [5.74, 6) is -0.553. The van der Waals surface area contributed by atoms with E-state index in [4.69, 9.17) is 37.0 Å². The molecule has 0 spiro atoms. The number of hydrogen-bond donors (Lipinski definition) is 3. The molecule has 528 valence electrons. The molecule has 0 amide bonds. The molecule has 89 heavy (non-hydrogen) atoms. The van der Waals surface area contributed by atoms with Crippen LogP contribution < -0.4 is 0 Å². The number of phosphoric ester groups is 2. The Morgan fingerprint density at radius 2 is 0.573 bits per heavy atom. The first-order valence-electron chi connectivity index (χ1n) is 36.5. The minimum atomic E-state index is -4.95. The van der Waals surface area contributed by atoms with Crippen molar-refractivity contribution in [2.24, 2.45) is 11.8 Å². The van der Waals surface area contributed by atoms with Crippen molar-refractivity contribution in [3.8, 4) is 0 Å². The van der Waals surface area contributed by atoms with E-state index in [1.165, 1.54) is 167 Å². The number of hydrogen-bond acceptors (Lipinski definition) is 15. The molecule has 0 saturated heterocycles. The topological polar surface area (TPSA) is 237 Å². The number of aliphatic hydroxyl groups is 1. The summed E-state index contributed by atoms with van der Waals surface area (Å²) in [5, 5.41) is 10.6. The molecular weight excluding hydrogens is 1170 g/mol. The average Bonchev–Trinajstić information content (AvgIpc) is 3.72. The van der Waals surface area contributed by atoms with E-state index in [-0.39, 0.29) is 25.7 Å². The summed E-state index contributed by atoms with van der Waals surface area (Å²) in [7, 11) is -9.90. The lowest BCUT2D eigenvalue weighted by Crippen LogP contribution is -2.30. The third kappa shape index (κ3) is 63.2. The van der Waals surface area contributed by atoms with Crippen molar-refractivity contribution in [3.63, 3.8) is 0 Å². The highest BCUT2D eigenvalue weighted by Crippen LogP contribution is 2.45. The van der Waals surface area contributed by atoms with Crippen LogP contribution in [0.15, 0.2) is 0 Å². The Balaban J connectivity index is 5.22. The highest BCUT2D eigenvalue weighted by Gasteiger charge is 2.30. The second-order valence-electron chi connectivity index (χ2n) is 26.0. The molecule has 0 bridgehead atoms. The van der Waals surface area contributed by atoms with Gasteiger partial charge in [-0.15, -0.1) is 0 Å². The third-order valence-corrected chi connectivity index (χ3v) is 18.5. The SMILES string of the molecule is CCCCCCCCCCCCCCC(=O)O[C@H](COC(=O)CCCCCCCCCC)COP(=O)(O)OC[C@H](O)COP(=O)(O)OC[C@@H](COC(=O)CCCCCCCCCCC(C)CC)OC(=O)CCCCCCCCCCCCCCCCC(C)C. The van der Waals surface area contributed by atoms with Gasteiger partial charge in [-0.1, -0.05) is 305 Å². The van der Waals surface area contributed by atoms with Gasteiger partial charge in [-0.25, -0.2) is 9.13 Å². The molecule has 0 aromatic heterocycles. The van der Waals surface area contributed by atoms with Gasteiger partial charge >= 0.3 is 39.5 Å². The summed E-state index contributed by atoms with van der Waals surface area (Å²) in [4.78, 5) is 72.5. The van der Waals surface area contributed by atoms with Crippen LogP contribution in [0.25, 0.3) is 0 Å². The number of aliphatic hydroxyl groups excluding tert-OH is 1. The molecule has 3 unspecified atom stereocenters. The van der Waals surface area contributed by atoms with Crippen molar-refractivity contribution in [2.75, 3.05) is 39.6 Å². The predicted molar refractivity (Wildman–Crippen MR) is 358 cm³/mol. The van der Waals surface area contributed by atoms with Crippen LogP contribution in [-0.4, -0.2) is 96.7 Å². The lowest BCUT2D eigenvalue weighted by molar-refractivity contribution is -0.161. The van der Waals surface area contributed by atoms with Gasteiger partial charge in [-0.05, 0) is 37.5 Å². The lowest BCUT2D eigenvalue weighted by Gasteiger charge is -2.21. The molecule has 0 radical (unpaired) electrons. The van der Waals surface area contributed by atoms with Crippen LogP contribution in [0.3, 0.4) is 0 Å². The van der Waals surface area contributed by atoms with Gasteiger partial charge in [0.1, 0.15) is 19.3 Å². The third-order valence-electron chi connectivity index (χ3n) is 16.6. The average molecular weight is 1310 g/mol. The Morgan fingerprint density at radius 1 is 0.326 bits per heavy atom. The Hall–Kier alpha value is -1.94. The molecule has 6 atom stereocenters. The summed E-state index contributed by atoms with van der Waals surface area (Å²) < 4.78 is 68.2. The van der Waals surface area contributed by atoms with Gasteiger partial charge in [0.15, 0.2) is 12.2 Å². The zero-order valence-corrected chi connectivity index (χ0v) is 59.5. The smallest absolute Gasteiger partial charge is 0.462 e. The van der Waals surface area contributed by atoms with Crippen LogP contribution in [0.4, 0.5) is 0 Å². The molecule has 17 nitrogen and oxygen atoms in total. The van der Waals surface area contributed by atoms with Crippen LogP contribution in [0, 0.1) is 11.8 Å². The molecule has 0 aliphatic heterocycles. The molecule has 0 aliphatic carbocycles. The Labute approximate surface area is 543 Å². The van der Waals surface area contributed by atoms with E-state index in [0.29, 0.717) is 25.7 Å². The number of rotatable bonds is 69. The monoisotopic (exact) mass is 1310 g/mol. The van der Waals surface area contributed by atoms with Crippen molar-refractivity contribution < 1.29 is 80.2 Å². The number of unbranched alkanes of at least 4 members (excludes halogenated alkanes) is 38. The summed E-state index contributed by atoms with van der Waals surface area (Å²) >= 11 is 0. The van der Waals surface area contributed by atoms with Gasteiger partial charge < -0.3 is 33.8 Å². The number of carbonyl (C=O) groups excluding carboxylic acids is 4. The predicted octanol–water partition coefficient (Wildman–Crippen LogP) is 20.0. The van der Waals surface area contributed by atoms with E-state index in [1.54, 1.807) is 0 Å². The van der Waals surface area contributed by atoms with Gasteiger partial charge in [0.05, 0.1) is 26.4 Å². The second-order valence-corrected chi connectivity index (χ2v) is 28.9. The molecule has 0 aliphatic rings. The van der Waals surface area contributed by atoms with Crippen LogP contribution in [0.5, 0.6) is 0 Å². The highest BCUT2D eigenvalue weighted by atomic mass is 31.2. The van der Waals surface area contributed by atoms with Gasteiger partial charge in [0.2, 0.25) is 0 Å². The first-order chi connectivity index (χ1) is 42.9. The van der Waals surface area contributed by atoms with E-state index in [0.717, 1.165) is 108 Å². The molecule has 19 heteroatoms. The normalized spacial score (nSPS) is 14.4. The molecule has 3 N–H and O–H groups in total. The van der Waals surface area contributed by atoms with Crippen LogP contribution in [0.1, 0.15) is 356 Å². The number of esters is 4. The molecule has 0 rings (SSSR count). The zero-order valence-electron chi connectivity index (χ0n) is 57.7. The number of phosphoric acid groups is 2. The molecule has 0 saturated carbocycles. The van der Waals surface area contributed by atoms with Gasteiger partial charge in [-0.3, -0.25) is 37.3 Å². The molecule has 0 aromatic rings. The minimum Gasteiger partial charge on any atom is -0.462 e. The Bertz CT molecular complexity index is 1740. The van der Waals surface area contributed by atoms with Crippen molar-refractivity contribution in [3.05, 3.63) is 0 Å². The van der Waals surface area contributed by atoms with Crippen molar-refractivity contribution in [1.82, 2.24) is 0 Å². The fourth-order valence-electron chi connectivity index (χ4n) is 10.6. The van der Waals surface area contributed by atoms with E-state index in [2.05, 4.69) is 41.5 Å². The quantitative estimate of drug-likeness (QED) is 0.0222. The Kier molecular flexibility index (Phi) is 60.8. The Morgan fingerprint density at radius 3 is 0.854 bits per heavy atom. The molecule has 0 heterocycles. The molecule has 0 fully saturated rings. The largest absolute Gasteiger partial charge is 0.472 e. The summed E-state index contributed by atoms with van der Waals surface area (Å²) in [6.45, 7) is 9.55. The van der Waals surface area contributed by atoms with Gasteiger partial charge in [-0.2, -0.15) is 0 Å². The molecular formula is C70H136O17P2. The first-order valence-corrected chi connectivity index (χ1v) is 39.5. The fourth-order valence-corrected chi connectivity index (χ4v) is 12.1. The lowest BCUT2D eigenvalue weighted by atomic mass is 9.99. The minimum absolute atomic E-state index is 0.107. The number of ether oxygens (including phenoxy) is 4. The fraction of sp³-hybridized carbons (Fsp3) is 0.943. The zero-order chi connectivity index (χ0) is 65.7. The first kappa shape index (κ1) is 87.1. The summed E-state index contributed by atoms with van der Waals surface area (Å²) in [5.41, 5.74) is 0. The van der Waals surface area contributed by atoms with Gasteiger partial charge in [0.25, 0.3) is 0 Å². The van der Waals surface area contributed by atoms with Crippen molar-refractivity contribution in [2.45, 2.75) is 374 Å². The van der Waals surface area contributed by atoms with E-state index in [1.807, 2.05) is 0 Å². The van der Waals surface area contributed by atoms with Gasteiger partial charge in [0, 0.05) is 25.7 Å². The highest BCUT2D eigenvalue weighted by molar-refractivity contribution is 7.47. The second kappa shape index (κ2) is 62.2. The maximum absolute atomic E-state index is 13.0. The van der Waals surface area contributed by atoms with Crippen LogP contribution >= 0.6 is 15.6 Å². The van der Waals surface area contributed by atoms with E-state index < -0.39 is 97.5 Å². The van der Waals surface area contributed by atoms with E-state index in [9.17, 15) is 43.2 Å². The maximum Gasteiger partial charge on any atom is 0.472 e. The maximum atomic E-state index is 13.0. The van der Waals surface area contributed by atoms with Crippen molar-refractivity contribution in [1.29, 1.82) is 0 Å². The van der Waals surface area contributed by atoms with Crippen molar-refractivity contribution >= 4 is 39.5 Å². The molecule has 0 aromatic carbocycles. The summed E-state index contributed by atoms with van der Waals surface area (Å²) in [6.07, 6.45) is 47.1. The standard InChI is InChI=1S/C70H136O17P2/c1-7-10-12-14-16-18-19-25-28-36-42-48-54-69(74)86-65(58-80-67(72)52-46-40-34-17-15-13-11-8-2)60-84-88(76,77)82-56-64(71)57-83-89(78,79)85-61-66(59-81-68(73)53-47-41-35-31-30-33-39-45-51-63(6)9-3)87-70(75)55-49-43-37-29-26-23-21-20-22-24-27-32-38-44-50-62(4)5/h62-66,71H,7-61H2,1-6H3,(H,76,77)(H,78,79)/t63?,64-,65+,66+/m0/s1. The van der Waals surface area contributed by atoms with Crippen LogP contribution in [-0.2, 0) is 65.4 Å². The van der Waals surface area contributed by atoms with E-state index >= 15 is 0 Å². The van der Waals surface area contributed by atoms with Crippen LogP contribution in [0.2, 0.25) is 0 Å². The number of carbonyl (C=O) groups is 4. The summed E-state index contributed by atoms with van der Waals surface area (Å²) in [6, 6.07) is 0.